The van der Waals surface area contributed by atoms with Gasteiger partial charge in [-0.15, -0.1) is 0 Å². The van der Waals surface area contributed by atoms with Crippen molar-refractivity contribution in [3.05, 3.63) is 0 Å². The molecule has 0 aromatic heterocycles. The van der Waals surface area contributed by atoms with Crippen LogP contribution < -0.4 is 11.0 Å². The number of hydroxylamine groups is 2. The lowest BCUT2D eigenvalue weighted by atomic mass is 10.0. The molecule has 0 aliphatic heterocycles. The lowest BCUT2D eigenvalue weighted by Gasteiger charge is -2.11. The van der Waals surface area contributed by atoms with E-state index in [1.54, 1.807) is 0 Å². The maximum absolute atomic E-state index is 10.9. The molecule has 0 unspecified atom stereocenters. The monoisotopic (exact) mass is 190 g/mol. The quantitative estimate of drug-likeness (QED) is 0.274. The van der Waals surface area contributed by atoms with E-state index in [0.717, 1.165) is 6.42 Å². The van der Waals surface area contributed by atoms with Crippen LogP contribution in [-0.2, 0) is 9.59 Å². The zero-order valence-corrected chi connectivity index (χ0v) is 7.41. The van der Waals surface area contributed by atoms with Crippen molar-refractivity contribution in [3.8, 4) is 0 Å². The van der Waals surface area contributed by atoms with E-state index in [1.807, 2.05) is 6.92 Å². The molecule has 0 rings (SSSR count). The normalized spacial score (nSPS) is 9.85. The van der Waals surface area contributed by atoms with E-state index in [9.17, 15) is 9.59 Å². The Labute approximate surface area is 75.8 Å². The Morgan fingerprint density at radius 1 is 1.23 bits per heavy atom. The second-order valence-electron chi connectivity index (χ2n) is 2.65. The second kappa shape index (κ2) is 6.38. The molecule has 4 N–H and O–H groups in total. The Morgan fingerprint density at radius 3 is 2.00 bits per heavy atom. The minimum atomic E-state index is -1.03. The molecule has 6 heteroatoms. The van der Waals surface area contributed by atoms with Crippen LogP contribution in [0, 0.1) is 5.92 Å². The highest BCUT2D eigenvalue weighted by Gasteiger charge is 2.25. The molecule has 0 spiro atoms. The Balaban J connectivity index is 4.18. The minimum Gasteiger partial charge on any atom is -0.289 e. The van der Waals surface area contributed by atoms with Crippen molar-refractivity contribution in [2.75, 3.05) is 0 Å². The Morgan fingerprint density at radius 2 is 1.69 bits per heavy atom. The van der Waals surface area contributed by atoms with Crippen LogP contribution in [-0.4, -0.2) is 22.2 Å². The van der Waals surface area contributed by atoms with Gasteiger partial charge in [0.1, 0.15) is 5.92 Å². The van der Waals surface area contributed by atoms with Gasteiger partial charge < -0.3 is 0 Å². The van der Waals surface area contributed by atoms with Gasteiger partial charge in [-0.1, -0.05) is 19.8 Å². The Kier molecular flexibility index (Phi) is 5.82. The van der Waals surface area contributed by atoms with Gasteiger partial charge in [0.2, 0.25) is 0 Å². The predicted molar refractivity (Wildman–Crippen MR) is 42.9 cm³/mol. The van der Waals surface area contributed by atoms with E-state index >= 15 is 0 Å². The van der Waals surface area contributed by atoms with E-state index in [4.69, 9.17) is 10.4 Å². The summed E-state index contributed by atoms with van der Waals surface area (Å²) in [7, 11) is 0. The number of unbranched alkanes of at least 4 members (excludes halogenated alkanes) is 1. The standard InChI is InChI=1S/C7H14N2O4/c1-2-3-4-5(6(10)8-12)7(11)9-13/h5,12-13H,2-4H2,1H3,(H,8,10)(H,9,11). The first-order chi connectivity index (χ1) is 6.17. The average Bonchev–Trinajstić information content (AvgIpc) is 2.17. The lowest BCUT2D eigenvalue weighted by molar-refractivity contribution is -0.145. The van der Waals surface area contributed by atoms with Gasteiger partial charge in [-0.3, -0.25) is 20.0 Å². The van der Waals surface area contributed by atoms with Crippen LogP contribution in [0.2, 0.25) is 0 Å². The van der Waals surface area contributed by atoms with Gasteiger partial charge in [-0.05, 0) is 6.42 Å². The van der Waals surface area contributed by atoms with Crippen molar-refractivity contribution < 1.29 is 20.0 Å². The van der Waals surface area contributed by atoms with E-state index in [0.29, 0.717) is 12.8 Å². The summed E-state index contributed by atoms with van der Waals surface area (Å²) >= 11 is 0. The number of carbonyl (C=O) groups excluding carboxylic acids is 2. The second-order valence-corrected chi connectivity index (χ2v) is 2.65. The summed E-state index contributed by atoms with van der Waals surface area (Å²) in [6.45, 7) is 1.91. The largest absolute Gasteiger partial charge is 0.289 e. The van der Waals surface area contributed by atoms with Crippen molar-refractivity contribution in [2.24, 2.45) is 5.92 Å². The maximum atomic E-state index is 10.9. The van der Waals surface area contributed by atoms with Gasteiger partial charge in [-0.2, -0.15) is 0 Å². The first kappa shape index (κ1) is 11.9. The van der Waals surface area contributed by atoms with Gasteiger partial charge in [-0.25, -0.2) is 11.0 Å². The van der Waals surface area contributed by atoms with Crippen LogP contribution in [0.15, 0.2) is 0 Å². The van der Waals surface area contributed by atoms with Gasteiger partial charge in [0, 0.05) is 0 Å². The highest BCUT2D eigenvalue weighted by atomic mass is 16.5. The fraction of sp³-hybridized carbons (Fsp3) is 0.714. The molecule has 0 saturated carbocycles. The molecule has 76 valence electrons. The van der Waals surface area contributed by atoms with Crippen molar-refractivity contribution in [3.63, 3.8) is 0 Å². The Bertz CT molecular complexity index is 167. The van der Waals surface area contributed by atoms with Crippen molar-refractivity contribution in [1.29, 1.82) is 0 Å². The van der Waals surface area contributed by atoms with Gasteiger partial charge in [0.25, 0.3) is 11.8 Å². The van der Waals surface area contributed by atoms with Crippen LogP contribution in [0.3, 0.4) is 0 Å². The molecule has 0 aromatic rings. The summed E-state index contributed by atoms with van der Waals surface area (Å²) in [5.41, 5.74) is 2.76. The lowest BCUT2D eigenvalue weighted by Crippen LogP contribution is -2.39. The molecule has 0 radical (unpaired) electrons. The molecule has 6 nitrogen and oxygen atoms in total. The molecule has 0 heterocycles. The van der Waals surface area contributed by atoms with Gasteiger partial charge in [0.15, 0.2) is 0 Å². The van der Waals surface area contributed by atoms with Gasteiger partial charge in [0.05, 0.1) is 0 Å². The molecule has 0 saturated heterocycles. The summed E-state index contributed by atoms with van der Waals surface area (Å²) in [5, 5.41) is 16.6. The molecular formula is C7H14N2O4. The van der Waals surface area contributed by atoms with Crippen LogP contribution in [0.5, 0.6) is 0 Å². The maximum Gasteiger partial charge on any atom is 0.255 e. The number of rotatable bonds is 5. The Hall–Kier alpha value is -1.14. The number of nitrogens with one attached hydrogen (secondary N) is 2. The van der Waals surface area contributed by atoms with Crippen LogP contribution in [0.25, 0.3) is 0 Å². The highest BCUT2D eigenvalue weighted by molar-refractivity contribution is 5.99. The number of amides is 2. The van der Waals surface area contributed by atoms with Crippen molar-refractivity contribution in [2.45, 2.75) is 26.2 Å². The summed E-state index contributed by atoms with van der Waals surface area (Å²) in [4.78, 5) is 21.8. The molecule has 0 aromatic carbocycles. The summed E-state index contributed by atoms with van der Waals surface area (Å²) in [6, 6.07) is 0. The third kappa shape index (κ3) is 3.86. The predicted octanol–water partition coefficient (Wildman–Crippen LogP) is -0.196. The molecule has 0 bridgehead atoms. The molecule has 2 amide bonds. The van der Waals surface area contributed by atoms with Crippen molar-refractivity contribution >= 4 is 11.8 Å². The number of hydrogen-bond donors (Lipinski definition) is 4. The highest BCUT2D eigenvalue weighted by Crippen LogP contribution is 2.08. The number of carbonyl (C=O) groups is 2. The van der Waals surface area contributed by atoms with E-state index in [2.05, 4.69) is 0 Å². The first-order valence-corrected chi connectivity index (χ1v) is 4.05. The molecule has 0 aliphatic rings. The van der Waals surface area contributed by atoms with Crippen molar-refractivity contribution in [1.82, 2.24) is 11.0 Å². The van der Waals surface area contributed by atoms with Crippen LogP contribution >= 0.6 is 0 Å². The zero-order chi connectivity index (χ0) is 10.3. The number of hydrogen-bond acceptors (Lipinski definition) is 4. The summed E-state index contributed by atoms with van der Waals surface area (Å²) in [5.74, 6) is -2.64. The molecule has 0 atom stereocenters. The van der Waals surface area contributed by atoms with Gasteiger partial charge >= 0.3 is 0 Å². The summed E-state index contributed by atoms with van der Waals surface area (Å²) in [6.07, 6.45) is 1.80. The third-order valence-electron chi connectivity index (χ3n) is 1.70. The molecular weight excluding hydrogens is 176 g/mol. The van der Waals surface area contributed by atoms with Crippen LogP contribution in [0.1, 0.15) is 26.2 Å². The topological polar surface area (TPSA) is 98.7 Å². The average molecular weight is 190 g/mol. The zero-order valence-electron chi connectivity index (χ0n) is 7.41. The van der Waals surface area contributed by atoms with E-state index < -0.39 is 17.7 Å². The smallest absolute Gasteiger partial charge is 0.255 e. The van der Waals surface area contributed by atoms with Crippen LogP contribution in [0.4, 0.5) is 0 Å². The third-order valence-corrected chi connectivity index (χ3v) is 1.70. The molecule has 0 fully saturated rings. The summed E-state index contributed by atoms with van der Waals surface area (Å²) < 4.78 is 0. The minimum absolute atomic E-state index is 0.301. The van der Waals surface area contributed by atoms with E-state index in [-0.39, 0.29) is 0 Å². The molecule has 13 heavy (non-hydrogen) atoms. The molecule has 0 aliphatic carbocycles. The fourth-order valence-corrected chi connectivity index (χ4v) is 0.945. The SMILES string of the molecule is CCCCC(C(=O)NO)C(=O)NO. The fourth-order valence-electron chi connectivity index (χ4n) is 0.945. The first-order valence-electron chi connectivity index (χ1n) is 4.05. The van der Waals surface area contributed by atoms with E-state index in [1.165, 1.54) is 11.0 Å².